The Hall–Kier alpha value is -3.13. The predicted octanol–water partition coefficient (Wildman–Crippen LogP) is 2.96. The van der Waals surface area contributed by atoms with Gasteiger partial charge in [0.1, 0.15) is 6.04 Å². The van der Waals surface area contributed by atoms with E-state index in [4.69, 9.17) is 0 Å². The maximum atomic E-state index is 12.9. The number of amides is 1. The Balaban J connectivity index is 1.83. The van der Waals surface area contributed by atoms with Crippen LogP contribution in [0.4, 0.5) is 5.69 Å². The fourth-order valence-corrected chi connectivity index (χ4v) is 4.61. The van der Waals surface area contributed by atoms with Gasteiger partial charge in [0.15, 0.2) is 0 Å². The minimum Gasteiger partial charge on any atom is -0.350 e. The number of nitrogens with zero attached hydrogens (tertiary/aromatic N) is 3. The summed E-state index contributed by atoms with van der Waals surface area (Å²) in [6.07, 6.45) is 6.32. The van der Waals surface area contributed by atoms with E-state index in [1.165, 1.54) is 4.31 Å². The van der Waals surface area contributed by atoms with E-state index in [1.54, 1.807) is 25.5 Å². The lowest BCUT2D eigenvalue weighted by molar-refractivity contribution is -0.122. The molecule has 8 heteroatoms. The first kappa shape index (κ1) is 21.6. The zero-order valence-corrected chi connectivity index (χ0v) is 18.3. The molecule has 0 saturated heterocycles. The molecular formula is C22H26N4O3S. The Morgan fingerprint density at radius 3 is 2.60 bits per heavy atom. The highest BCUT2D eigenvalue weighted by Crippen LogP contribution is 2.26. The molecule has 158 valence electrons. The number of hydrogen-bond acceptors (Lipinski definition) is 4. The molecular weight excluding hydrogens is 400 g/mol. The fourth-order valence-electron chi connectivity index (χ4n) is 3.38. The maximum absolute atomic E-state index is 12.9. The van der Waals surface area contributed by atoms with E-state index in [0.717, 1.165) is 28.6 Å². The van der Waals surface area contributed by atoms with Crippen LogP contribution in [0, 0.1) is 13.8 Å². The number of imidazole rings is 1. The lowest BCUT2D eigenvalue weighted by atomic mass is 10.1. The Bertz CT molecular complexity index is 1140. The van der Waals surface area contributed by atoms with E-state index in [0.29, 0.717) is 5.69 Å². The molecule has 1 heterocycles. The van der Waals surface area contributed by atoms with Gasteiger partial charge in [-0.3, -0.25) is 9.10 Å². The third-order valence-corrected chi connectivity index (χ3v) is 6.15. The summed E-state index contributed by atoms with van der Waals surface area (Å²) in [4.78, 5) is 17.0. The molecule has 2 aromatic carbocycles. The lowest BCUT2D eigenvalue weighted by Crippen LogP contribution is -2.48. The Kier molecular flexibility index (Phi) is 6.26. The van der Waals surface area contributed by atoms with E-state index in [1.807, 2.05) is 61.0 Å². The molecule has 0 fully saturated rings. The average molecular weight is 427 g/mol. The normalized spacial score (nSPS) is 12.4. The summed E-state index contributed by atoms with van der Waals surface area (Å²) in [5, 5.41) is 2.88. The standard InChI is InChI=1S/C22H26N4O3S/c1-16-9-10-17(2)21(13-16)26(30(4,28)29)18(3)22(27)24-14-19-7-5-6-8-20(19)25-12-11-23-15-25/h5-13,15,18H,14H2,1-4H3,(H,24,27)/t18-/m1/s1. The van der Waals surface area contributed by atoms with Crippen LogP contribution in [0.15, 0.2) is 61.2 Å². The van der Waals surface area contributed by atoms with Crippen molar-refractivity contribution in [1.82, 2.24) is 14.9 Å². The summed E-state index contributed by atoms with van der Waals surface area (Å²) in [5.74, 6) is -0.373. The molecule has 0 saturated carbocycles. The van der Waals surface area contributed by atoms with Crippen molar-refractivity contribution in [2.24, 2.45) is 0 Å². The molecule has 0 bridgehead atoms. The molecule has 0 unspecified atom stereocenters. The number of rotatable bonds is 7. The number of sulfonamides is 1. The van der Waals surface area contributed by atoms with Crippen LogP contribution in [0.5, 0.6) is 0 Å². The Labute approximate surface area is 177 Å². The molecule has 1 N–H and O–H groups in total. The van der Waals surface area contributed by atoms with Crippen LogP contribution in [0.25, 0.3) is 5.69 Å². The second-order valence-electron chi connectivity index (χ2n) is 7.34. The SMILES string of the molecule is Cc1ccc(C)c(N([C@H](C)C(=O)NCc2ccccc2-n2ccnc2)S(C)(=O)=O)c1. The monoisotopic (exact) mass is 426 g/mol. The number of nitrogens with one attached hydrogen (secondary N) is 1. The molecule has 1 atom stereocenters. The van der Waals surface area contributed by atoms with Gasteiger partial charge < -0.3 is 9.88 Å². The molecule has 0 aliphatic rings. The van der Waals surface area contributed by atoms with Crippen LogP contribution in [-0.2, 0) is 21.4 Å². The first-order valence-electron chi connectivity index (χ1n) is 9.59. The summed E-state index contributed by atoms with van der Waals surface area (Å²) in [6, 6.07) is 12.3. The predicted molar refractivity (Wildman–Crippen MR) is 118 cm³/mol. The van der Waals surface area contributed by atoms with Crippen molar-refractivity contribution < 1.29 is 13.2 Å². The molecule has 30 heavy (non-hydrogen) atoms. The highest BCUT2D eigenvalue weighted by molar-refractivity contribution is 7.92. The zero-order chi connectivity index (χ0) is 21.9. The van der Waals surface area contributed by atoms with Crippen LogP contribution in [0.1, 0.15) is 23.6 Å². The summed E-state index contributed by atoms with van der Waals surface area (Å²) in [5.41, 5.74) is 4.02. The number of carbonyl (C=O) groups excluding carboxylic acids is 1. The van der Waals surface area contributed by atoms with E-state index in [-0.39, 0.29) is 12.5 Å². The number of anilines is 1. The van der Waals surface area contributed by atoms with E-state index >= 15 is 0 Å². The Morgan fingerprint density at radius 1 is 1.20 bits per heavy atom. The highest BCUT2D eigenvalue weighted by atomic mass is 32.2. The van der Waals surface area contributed by atoms with E-state index in [2.05, 4.69) is 10.3 Å². The summed E-state index contributed by atoms with van der Waals surface area (Å²) >= 11 is 0. The Morgan fingerprint density at radius 2 is 1.93 bits per heavy atom. The van der Waals surface area contributed by atoms with Gasteiger partial charge in [-0.1, -0.05) is 30.3 Å². The lowest BCUT2D eigenvalue weighted by Gasteiger charge is -2.30. The van der Waals surface area contributed by atoms with Crippen molar-refractivity contribution in [1.29, 1.82) is 0 Å². The molecule has 3 aromatic rings. The zero-order valence-electron chi connectivity index (χ0n) is 17.5. The van der Waals surface area contributed by atoms with Crippen molar-refractivity contribution in [2.75, 3.05) is 10.6 Å². The van der Waals surface area contributed by atoms with Gasteiger partial charge in [0.2, 0.25) is 15.9 Å². The van der Waals surface area contributed by atoms with Crippen molar-refractivity contribution in [3.63, 3.8) is 0 Å². The molecule has 1 amide bonds. The molecule has 7 nitrogen and oxygen atoms in total. The second kappa shape index (κ2) is 8.71. The topological polar surface area (TPSA) is 84.3 Å². The van der Waals surface area contributed by atoms with Crippen LogP contribution in [-0.4, -0.2) is 36.2 Å². The van der Waals surface area contributed by atoms with Crippen LogP contribution >= 0.6 is 0 Å². The number of benzene rings is 2. The van der Waals surface area contributed by atoms with Gasteiger partial charge in [-0.2, -0.15) is 0 Å². The third kappa shape index (κ3) is 4.71. The minimum atomic E-state index is -3.67. The third-order valence-electron chi connectivity index (χ3n) is 4.92. The quantitative estimate of drug-likeness (QED) is 0.630. The number of para-hydroxylation sites is 1. The highest BCUT2D eigenvalue weighted by Gasteiger charge is 2.30. The van der Waals surface area contributed by atoms with Gasteiger partial charge in [0, 0.05) is 18.9 Å². The molecule has 0 aliphatic carbocycles. The maximum Gasteiger partial charge on any atom is 0.243 e. The van der Waals surface area contributed by atoms with Crippen LogP contribution < -0.4 is 9.62 Å². The fraction of sp³-hybridized carbons (Fsp3) is 0.273. The molecule has 0 spiro atoms. The number of carbonyl (C=O) groups is 1. The van der Waals surface area contributed by atoms with Gasteiger partial charge in [-0.15, -0.1) is 0 Å². The summed E-state index contributed by atoms with van der Waals surface area (Å²) in [7, 11) is -3.67. The van der Waals surface area contributed by atoms with Gasteiger partial charge in [0.25, 0.3) is 0 Å². The molecule has 0 aliphatic heterocycles. The van der Waals surface area contributed by atoms with Crippen molar-refractivity contribution in [3.8, 4) is 5.69 Å². The molecule has 3 rings (SSSR count). The second-order valence-corrected chi connectivity index (χ2v) is 9.20. The minimum absolute atomic E-state index is 0.266. The van der Waals surface area contributed by atoms with Crippen molar-refractivity contribution in [2.45, 2.75) is 33.4 Å². The van der Waals surface area contributed by atoms with Crippen LogP contribution in [0.3, 0.4) is 0 Å². The largest absolute Gasteiger partial charge is 0.350 e. The number of aromatic nitrogens is 2. The number of hydrogen-bond donors (Lipinski definition) is 1. The van der Waals surface area contributed by atoms with Gasteiger partial charge >= 0.3 is 0 Å². The van der Waals surface area contributed by atoms with Gasteiger partial charge in [-0.25, -0.2) is 13.4 Å². The van der Waals surface area contributed by atoms with Gasteiger partial charge in [0.05, 0.1) is 24.0 Å². The number of aryl methyl sites for hydroxylation is 2. The van der Waals surface area contributed by atoms with Crippen LogP contribution in [0.2, 0.25) is 0 Å². The van der Waals surface area contributed by atoms with Crippen molar-refractivity contribution >= 4 is 21.6 Å². The first-order valence-corrected chi connectivity index (χ1v) is 11.4. The smallest absolute Gasteiger partial charge is 0.243 e. The van der Waals surface area contributed by atoms with Crippen molar-refractivity contribution in [3.05, 3.63) is 77.9 Å². The summed E-state index contributed by atoms with van der Waals surface area (Å²) < 4.78 is 28.2. The summed E-state index contributed by atoms with van der Waals surface area (Å²) in [6.45, 7) is 5.59. The van der Waals surface area contributed by atoms with E-state index in [9.17, 15) is 13.2 Å². The van der Waals surface area contributed by atoms with E-state index < -0.39 is 16.1 Å². The molecule has 0 radical (unpaired) electrons. The van der Waals surface area contributed by atoms with Gasteiger partial charge in [-0.05, 0) is 49.6 Å². The molecule has 1 aromatic heterocycles. The average Bonchev–Trinajstić information content (AvgIpc) is 3.22. The first-order chi connectivity index (χ1) is 14.2.